The van der Waals surface area contributed by atoms with Gasteiger partial charge < -0.3 is 10.3 Å². The zero-order chi connectivity index (χ0) is 17.9. The van der Waals surface area contributed by atoms with Gasteiger partial charge in [0.2, 0.25) is 0 Å². The molecule has 0 aliphatic rings. The Kier molecular flexibility index (Phi) is 4.37. The second kappa shape index (κ2) is 6.98. The summed E-state index contributed by atoms with van der Waals surface area (Å²) in [7, 11) is 0. The first kappa shape index (κ1) is 16.3. The minimum atomic E-state index is -0.159. The van der Waals surface area contributed by atoms with E-state index in [2.05, 4.69) is 15.3 Å². The molecule has 2 heterocycles. The Morgan fingerprint density at radius 2 is 1.88 bits per heavy atom. The lowest BCUT2D eigenvalue weighted by atomic mass is 10.1. The van der Waals surface area contributed by atoms with E-state index in [0.717, 1.165) is 21.5 Å². The monoisotopic (exact) mass is 359 g/mol. The summed E-state index contributed by atoms with van der Waals surface area (Å²) >= 11 is 1.61. The highest BCUT2D eigenvalue weighted by Crippen LogP contribution is 2.20. The molecule has 2 aromatic carbocycles. The average molecular weight is 359 g/mol. The van der Waals surface area contributed by atoms with Crippen molar-refractivity contribution in [3.05, 3.63) is 87.9 Å². The maximum Gasteiger partial charge on any atom is 0.255 e. The molecule has 0 fully saturated rings. The summed E-state index contributed by atoms with van der Waals surface area (Å²) in [4.78, 5) is 21.6. The maximum absolute atomic E-state index is 12.7. The van der Waals surface area contributed by atoms with E-state index in [0.29, 0.717) is 17.1 Å². The molecule has 0 aliphatic carbocycles. The minimum absolute atomic E-state index is 0.159. The number of aromatic nitrogens is 2. The van der Waals surface area contributed by atoms with E-state index in [1.54, 1.807) is 11.3 Å². The molecule has 0 saturated heterocycles. The first-order valence-electron chi connectivity index (χ1n) is 8.27. The molecule has 0 spiro atoms. The molecule has 0 unspecified atom stereocenters. The lowest BCUT2D eigenvalue weighted by molar-refractivity contribution is 0.0973. The highest BCUT2D eigenvalue weighted by atomic mass is 32.1. The number of fused-ring (bicyclic) bond motifs is 1. The third-order valence-electron chi connectivity index (χ3n) is 4.04. The molecule has 0 aliphatic heterocycles. The predicted octanol–water partition coefficient (Wildman–Crippen LogP) is 4.86. The minimum Gasteiger partial charge on any atom is -0.337 e. The highest BCUT2D eigenvalue weighted by molar-refractivity contribution is 7.10. The molecule has 2 N–H and O–H groups in total. The summed E-state index contributed by atoms with van der Waals surface area (Å²) in [6.45, 7) is 2.00. The molecular weight excluding hydrogens is 342 g/mol. The van der Waals surface area contributed by atoms with Crippen LogP contribution in [-0.2, 0) is 0 Å². The van der Waals surface area contributed by atoms with Crippen molar-refractivity contribution >= 4 is 40.1 Å². The van der Waals surface area contributed by atoms with E-state index in [4.69, 9.17) is 0 Å². The Morgan fingerprint density at radius 3 is 2.62 bits per heavy atom. The van der Waals surface area contributed by atoms with Crippen LogP contribution in [-0.4, -0.2) is 15.9 Å². The number of aryl methyl sites for hydroxylation is 1. The van der Waals surface area contributed by atoms with Gasteiger partial charge in [-0.25, -0.2) is 4.98 Å². The Hall–Kier alpha value is -3.18. The summed E-state index contributed by atoms with van der Waals surface area (Å²) in [6.07, 6.45) is 1.94. The number of nitrogens with one attached hydrogen (secondary N) is 2. The third kappa shape index (κ3) is 3.43. The van der Waals surface area contributed by atoms with Crippen molar-refractivity contribution in [1.82, 2.24) is 15.3 Å². The predicted molar refractivity (Wildman–Crippen MR) is 107 cm³/mol. The molecule has 2 aromatic heterocycles. The molecule has 4 rings (SSSR count). The van der Waals surface area contributed by atoms with E-state index in [1.807, 2.05) is 79.0 Å². The number of rotatable bonds is 4. The number of nitrogens with zero attached hydrogens (tertiary/aromatic N) is 1. The lowest BCUT2D eigenvalue weighted by Crippen LogP contribution is -2.22. The topological polar surface area (TPSA) is 57.8 Å². The fourth-order valence-electron chi connectivity index (χ4n) is 2.66. The van der Waals surface area contributed by atoms with Crippen molar-refractivity contribution in [1.29, 1.82) is 0 Å². The van der Waals surface area contributed by atoms with Gasteiger partial charge in [-0.1, -0.05) is 35.9 Å². The fourth-order valence-corrected chi connectivity index (χ4v) is 3.32. The standard InChI is InChI=1S/C21H17N3OS/c1-14-8-10-15(11-9-14)21(25)24-19(13-16-5-4-12-26-16)20-22-17-6-2-3-7-18(17)23-20/h2-13H,1H3,(H,22,23)(H,24,25)/b19-13-. The van der Waals surface area contributed by atoms with Gasteiger partial charge in [0, 0.05) is 10.4 Å². The van der Waals surface area contributed by atoms with Crippen LogP contribution in [0, 0.1) is 6.92 Å². The second-order valence-electron chi connectivity index (χ2n) is 6.00. The van der Waals surface area contributed by atoms with Crippen LogP contribution in [0.5, 0.6) is 0 Å². The summed E-state index contributed by atoms with van der Waals surface area (Å²) < 4.78 is 0. The molecule has 0 saturated carbocycles. The van der Waals surface area contributed by atoms with Gasteiger partial charge in [-0.05, 0) is 48.7 Å². The van der Waals surface area contributed by atoms with Crippen LogP contribution in [0.2, 0.25) is 0 Å². The molecule has 0 bridgehead atoms. The molecule has 0 atom stereocenters. The molecule has 26 heavy (non-hydrogen) atoms. The van der Waals surface area contributed by atoms with Gasteiger partial charge in [0.25, 0.3) is 5.91 Å². The van der Waals surface area contributed by atoms with Gasteiger partial charge in [0.05, 0.1) is 16.7 Å². The van der Waals surface area contributed by atoms with Crippen molar-refractivity contribution in [3.8, 4) is 0 Å². The lowest BCUT2D eigenvalue weighted by Gasteiger charge is -2.08. The average Bonchev–Trinajstić information content (AvgIpc) is 3.31. The largest absolute Gasteiger partial charge is 0.337 e. The van der Waals surface area contributed by atoms with Crippen LogP contribution in [0.1, 0.15) is 26.6 Å². The highest BCUT2D eigenvalue weighted by Gasteiger charge is 2.13. The van der Waals surface area contributed by atoms with E-state index in [-0.39, 0.29) is 5.91 Å². The molecular formula is C21H17N3OS. The summed E-state index contributed by atoms with van der Waals surface area (Å²) in [5, 5.41) is 5.01. The number of amides is 1. The van der Waals surface area contributed by atoms with Crippen LogP contribution in [0.4, 0.5) is 0 Å². The van der Waals surface area contributed by atoms with Crippen LogP contribution < -0.4 is 5.32 Å². The Morgan fingerprint density at radius 1 is 1.08 bits per heavy atom. The zero-order valence-electron chi connectivity index (χ0n) is 14.2. The van der Waals surface area contributed by atoms with Crippen LogP contribution in [0.15, 0.2) is 66.0 Å². The number of benzene rings is 2. The number of hydrogen-bond donors (Lipinski definition) is 2. The smallest absolute Gasteiger partial charge is 0.255 e. The quantitative estimate of drug-likeness (QED) is 0.547. The summed E-state index contributed by atoms with van der Waals surface area (Å²) in [5.74, 6) is 0.480. The van der Waals surface area contributed by atoms with Crippen LogP contribution in [0.3, 0.4) is 0 Å². The summed E-state index contributed by atoms with van der Waals surface area (Å²) in [6, 6.07) is 19.3. The van der Waals surface area contributed by atoms with Gasteiger partial charge in [-0.15, -0.1) is 11.3 Å². The molecule has 1 amide bonds. The molecule has 4 aromatic rings. The number of para-hydroxylation sites is 2. The van der Waals surface area contributed by atoms with Crippen LogP contribution in [0.25, 0.3) is 22.8 Å². The number of thiophene rings is 1. The number of carbonyl (C=O) groups excluding carboxylic acids is 1. The second-order valence-corrected chi connectivity index (χ2v) is 6.98. The van der Waals surface area contributed by atoms with E-state index in [9.17, 15) is 4.79 Å². The molecule has 5 heteroatoms. The molecule has 0 radical (unpaired) electrons. The summed E-state index contributed by atoms with van der Waals surface area (Å²) in [5.41, 5.74) is 4.18. The normalized spacial score (nSPS) is 11.7. The van der Waals surface area contributed by atoms with Crippen molar-refractivity contribution in [2.45, 2.75) is 6.92 Å². The van der Waals surface area contributed by atoms with Gasteiger partial charge in [-0.3, -0.25) is 4.79 Å². The number of carbonyl (C=O) groups is 1. The zero-order valence-corrected chi connectivity index (χ0v) is 15.0. The first-order valence-corrected chi connectivity index (χ1v) is 9.15. The van der Waals surface area contributed by atoms with E-state index >= 15 is 0 Å². The van der Waals surface area contributed by atoms with Crippen molar-refractivity contribution < 1.29 is 4.79 Å². The van der Waals surface area contributed by atoms with Gasteiger partial charge >= 0.3 is 0 Å². The fraction of sp³-hybridized carbons (Fsp3) is 0.0476. The van der Waals surface area contributed by atoms with E-state index in [1.165, 1.54) is 0 Å². The molecule has 4 nitrogen and oxygen atoms in total. The number of aromatic amines is 1. The molecule has 128 valence electrons. The van der Waals surface area contributed by atoms with E-state index < -0.39 is 0 Å². The van der Waals surface area contributed by atoms with Crippen LogP contribution >= 0.6 is 11.3 Å². The van der Waals surface area contributed by atoms with Gasteiger partial charge in [0.15, 0.2) is 5.82 Å². The Labute approximate surface area is 155 Å². The first-order chi connectivity index (χ1) is 12.7. The number of imidazole rings is 1. The Balaban J connectivity index is 1.71. The van der Waals surface area contributed by atoms with Gasteiger partial charge in [0.1, 0.15) is 0 Å². The SMILES string of the molecule is Cc1ccc(C(=O)N/C(=C\c2cccs2)c2nc3ccccc3[nH]2)cc1. The Bertz CT molecular complexity index is 1040. The van der Waals surface area contributed by atoms with Gasteiger partial charge in [-0.2, -0.15) is 0 Å². The number of H-pyrrole nitrogens is 1. The van der Waals surface area contributed by atoms with Crippen molar-refractivity contribution in [3.63, 3.8) is 0 Å². The third-order valence-corrected chi connectivity index (χ3v) is 4.86. The van der Waals surface area contributed by atoms with Crippen molar-refractivity contribution in [2.24, 2.45) is 0 Å². The van der Waals surface area contributed by atoms with Crippen molar-refractivity contribution in [2.75, 3.05) is 0 Å². The number of hydrogen-bond acceptors (Lipinski definition) is 3. The maximum atomic E-state index is 12.7.